The van der Waals surface area contributed by atoms with Crippen molar-refractivity contribution in [1.29, 1.82) is 0 Å². The number of aromatic nitrogens is 2. The van der Waals surface area contributed by atoms with Crippen LogP contribution in [0.3, 0.4) is 0 Å². The summed E-state index contributed by atoms with van der Waals surface area (Å²) in [5.41, 5.74) is 5.71. The first kappa shape index (κ1) is 18.8. The number of aliphatic hydroxyl groups is 2. The second kappa shape index (κ2) is 8.18. The molecule has 8 heteroatoms. The monoisotopic (exact) mass is 363 g/mol. The summed E-state index contributed by atoms with van der Waals surface area (Å²) in [4.78, 5) is 20.4. The highest BCUT2D eigenvalue weighted by Gasteiger charge is 2.27. The van der Waals surface area contributed by atoms with Crippen LogP contribution in [0.4, 0.5) is 11.8 Å². The SMILES string of the molecule is C[C@@H]1CC[C@@H](Nc2nc(N[C@H]3CC[C@H](O)CC3)ncc2C(N)=O)C[C@H]1O. The van der Waals surface area contributed by atoms with Crippen molar-refractivity contribution in [3.8, 4) is 0 Å². The van der Waals surface area contributed by atoms with Gasteiger partial charge in [0.1, 0.15) is 5.82 Å². The number of nitrogens with one attached hydrogen (secondary N) is 2. The Morgan fingerprint density at radius 1 is 1.12 bits per heavy atom. The summed E-state index contributed by atoms with van der Waals surface area (Å²) in [6.45, 7) is 2.05. The van der Waals surface area contributed by atoms with Crippen LogP contribution in [0.25, 0.3) is 0 Å². The van der Waals surface area contributed by atoms with Crippen molar-refractivity contribution in [3.05, 3.63) is 11.8 Å². The molecule has 0 spiro atoms. The van der Waals surface area contributed by atoms with E-state index in [1.54, 1.807) is 0 Å². The third-order valence-corrected chi connectivity index (χ3v) is 5.58. The molecule has 0 unspecified atom stereocenters. The van der Waals surface area contributed by atoms with Crippen LogP contribution in [-0.4, -0.2) is 50.4 Å². The summed E-state index contributed by atoms with van der Waals surface area (Å²) in [6.07, 6.45) is 6.56. The number of hydrogen-bond donors (Lipinski definition) is 5. The standard InChI is InChI=1S/C18H29N5O3/c1-10-2-3-12(8-15(10)25)21-17-14(16(19)26)9-20-18(23-17)22-11-4-6-13(24)7-5-11/h9-13,15,24-25H,2-8H2,1H3,(H2,19,26)(H2,20,21,22,23)/t10-,11-,12-,13-,15-/m1/s1. The van der Waals surface area contributed by atoms with Crippen LogP contribution in [0.2, 0.25) is 0 Å². The molecule has 144 valence electrons. The van der Waals surface area contributed by atoms with Crippen molar-refractivity contribution in [3.63, 3.8) is 0 Å². The van der Waals surface area contributed by atoms with E-state index in [1.807, 2.05) is 6.92 Å². The molecule has 0 bridgehead atoms. The quantitative estimate of drug-likeness (QED) is 0.531. The first-order chi connectivity index (χ1) is 12.4. The average molecular weight is 363 g/mol. The number of carbonyl (C=O) groups excluding carboxylic acids is 1. The molecule has 3 rings (SSSR count). The zero-order valence-electron chi connectivity index (χ0n) is 15.2. The lowest BCUT2D eigenvalue weighted by molar-refractivity contribution is 0.0739. The second-order valence-electron chi connectivity index (χ2n) is 7.67. The molecule has 2 aliphatic rings. The van der Waals surface area contributed by atoms with E-state index < -0.39 is 5.91 Å². The third-order valence-electron chi connectivity index (χ3n) is 5.58. The zero-order valence-corrected chi connectivity index (χ0v) is 15.2. The van der Waals surface area contributed by atoms with Crippen LogP contribution in [-0.2, 0) is 0 Å². The number of hydrogen-bond acceptors (Lipinski definition) is 7. The minimum atomic E-state index is -0.579. The molecule has 0 radical (unpaired) electrons. The van der Waals surface area contributed by atoms with Gasteiger partial charge in [0.15, 0.2) is 0 Å². The molecule has 26 heavy (non-hydrogen) atoms. The second-order valence-corrected chi connectivity index (χ2v) is 7.67. The number of amides is 1. The van der Waals surface area contributed by atoms with E-state index in [2.05, 4.69) is 20.6 Å². The molecule has 2 saturated carbocycles. The van der Waals surface area contributed by atoms with Gasteiger partial charge in [-0.25, -0.2) is 4.98 Å². The summed E-state index contributed by atoms with van der Waals surface area (Å²) in [5, 5.41) is 26.3. The van der Waals surface area contributed by atoms with Crippen LogP contribution < -0.4 is 16.4 Å². The van der Waals surface area contributed by atoms with Crippen LogP contribution in [0.5, 0.6) is 0 Å². The van der Waals surface area contributed by atoms with Gasteiger partial charge in [0.2, 0.25) is 5.95 Å². The molecule has 2 fully saturated rings. The average Bonchev–Trinajstić information content (AvgIpc) is 2.60. The smallest absolute Gasteiger partial charge is 0.254 e. The molecule has 1 heterocycles. The molecule has 2 aliphatic carbocycles. The maximum atomic E-state index is 11.7. The highest BCUT2D eigenvalue weighted by molar-refractivity contribution is 5.97. The summed E-state index contributed by atoms with van der Waals surface area (Å²) < 4.78 is 0. The first-order valence-corrected chi connectivity index (χ1v) is 9.48. The van der Waals surface area contributed by atoms with Crippen molar-refractivity contribution in [2.75, 3.05) is 10.6 Å². The maximum absolute atomic E-state index is 11.7. The molecular weight excluding hydrogens is 334 g/mol. The highest BCUT2D eigenvalue weighted by Crippen LogP contribution is 2.28. The number of anilines is 2. The van der Waals surface area contributed by atoms with Gasteiger partial charge in [0.05, 0.1) is 17.8 Å². The van der Waals surface area contributed by atoms with Gasteiger partial charge in [-0.3, -0.25) is 4.79 Å². The Bertz CT molecular complexity index is 633. The molecule has 1 aromatic heterocycles. The van der Waals surface area contributed by atoms with Crippen LogP contribution in [0.15, 0.2) is 6.20 Å². The molecule has 0 aliphatic heterocycles. The first-order valence-electron chi connectivity index (χ1n) is 9.48. The van der Waals surface area contributed by atoms with Gasteiger partial charge in [0, 0.05) is 18.3 Å². The predicted octanol–water partition coefficient (Wildman–Crippen LogP) is 1.25. The molecule has 3 atom stereocenters. The van der Waals surface area contributed by atoms with E-state index in [1.165, 1.54) is 6.20 Å². The molecule has 0 aromatic carbocycles. The molecule has 1 aromatic rings. The van der Waals surface area contributed by atoms with E-state index in [0.717, 1.165) is 38.5 Å². The van der Waals surface area contributed by atoms with Crippen molar-refractivity contribution >= 4 is 17.7 Å². The minimum absolute atomic E-state index is 0.0480. The van der Waals surface area contributed by atoms with E-state index in [4.69, 9.17) is 5.73 Å². The molecule has 0 saturated heterocycles. The topological polar surface area (TPSA) is 133 Å². The lowest BCUT2D eigenvalue weighted by Gasteiger charge is -2.32. The minimum Gasteiger partial charge on any atom is -0.393 e. The fourth-order valence-electron chi connectivity index (χ4n) is 3.77. The summed E-state index contributed by atoms with van der Waals surface area (Å²) in [5.74, 6) is 0.568. The maximum Gasteiger partial charge on any atom is 0.254 e. The van der Waals surface area contributed by atoms with Crippen molar-refractivity contribution in [2.45, 2.75) is 76.2 Å². The van der Waals surface area contributed by atoms with Gasteiger partial charge in [-0.05, 0) is 50.9 Å². The summed E-state index contributed by atoms with van der Waals surface area (Å²) >= 11 is 0. The number of aliphatic hydroxyl groups excluding tert-OH is 2. The lowest BCUT2D eigenvalue weighted by Crippen LogP contribution is -2.36. The number of primary amides is 1. The number of carbonyl (C=O) groups is 1. The Balaban J connectivity index is 1.71. The molecule has 1 amide bonds. The number of nitrogens with two attached hydrogens (primary N) is 1. The molecular formula is C18H29N5O3. The van der Waals surface area contributed by atoms with E-state index in [0.29, 0.717) is 18.2 Å². The molecule has 6 N–H and O–H groups in total. The normalized spacial score (nSPS) is 32.0. The Morgan fingerprint density at radius 2 is 1.81 bits per heavy atom. The summed E-state index contributed by atoms with van der Waals surface area (Å²) in [6, 6.07) is 0.259. The predicted molar refractivity (Wildman–Crippen MR) is 98.9 cm³/mol. The van der Waals surface area contributed by atoms with Gasteiger partial charge in [-0.15, -0.1) is 0 Å². The van der Waals surface area contributed by atoms with Gasteiger partial charge in [-0.1, -0.05) is 6.92 Å². The van der Waals surface area contributed by atoms with Crippen molar-refractivity contribution in [1.82, 2.24) is 9.97 Å². The zero-order chi connectivity index (χ0) is 18.7. The Kier molecular flexibility index (Phi) is 5.93. The lowest BCUT2D eigenvalue weighted by atomic mass is 9.85. The summed E-state index contributed by atoms with van der Waals surface area (Å²) in [7, 11) is 0. The van der Waals surface area contributed by atoms with Crippen molar-refractivity contribution < 1.29 is 15.0 Å². The van der Waals surface area contributed by atoms with Crippen LogP contribution in [0, 0.1) is 5.92 Å². The number of nitrogens with zero attached hydrogens (tertiary/aromatic N) is 2. The van der Waals surface area contributed by atoms with Crippen LogP contribution >= 0.6 is 0 Å². The fraction of sp³-hybridized carbons (Fsp3) is 0.722. The van der Waals surface area contributed by atoms with E-state index in [-0.39, 0.29) is 35.8 Å². The Labute approximate surface area is 153 Å². The van der Waals surface area contributed by atoms with Gasteiger partial charge in [0.25, 0.3) is 5.91 Å². The fourth-order valence-corrected chi connectivity index (χ4v) is 3.77. The van der Waals surface area contributed by atoms with Gasteiger partial charge >= 0.3 is 0 Å². The Morgan fingerprint density at radius 3 is 2.46 bits per heavy atom. The van der Waals surface area contributed by atoms with Crippen LogP contribution in [0.1, 0.15) is 62.2 Å². The Hall–Kier alpha value is -1.93. The van der Waals surface area contributed by atoms with Gasteiger partial charge < -0.3 is 26.6 Å². The van der Waals surface area contributed by atoms with Crippen molar-refractivity contribution in [2.24, 2.45) is 11.7 Å². The highest BCUT2D eigenvalue weighted by atomic mass is 16.3. The van der Waals surface area contributed by atoms with Gasteiger partial charge in [-0.2, -0.15) is 4.98 Å². The third kappa shape index (κ3) is 4.62. The van der Waals surface area contributed by atoms with E-state index in [9.17, 15) is 15.0 Å². The van der Waals surface area contributed by atoms with E-state index >= 15 is 0 Å². The molecule has 8 nitrogen and oxygen atoms in total. The number of rotatable bonds is 5. The largest absolute Gasteiger partial charge is 0.393 e.